The van der Waals surface area contributed by atoms with Crippen LogP contribution in [-0.4, -0.2) is 47.4 Å². The first-order valence-corrected chi connectivity index (χ1v) is 9.06. The zero-order valence-corrected chi connectivity index (χ0v) is 13.9. The molecule has 1 N–H and O–H groups in total. The molecule has 1 aliphatic heterocycles. The minimum Gasteiger partial charge on any atom is -0.352 e. The van der Waals surface area contributed by atoms with Crippen LogP contribution >= 0.6 is 0 Å². The normalized spacial score (nSPS) is 20.0. The van der Waals surface area contributed by atoms with Crippen molar-refractivity contribution in [3.8, 4) is 0 Å². The summed E-state index contributed by atoms with van der Waals surface area (Å²) in [4.78, 5) is 23.4. The zero-order chi connectivity index (χ0) is 16.5. The van der Waals surface area contributed by atoms with E-state index >= 15 is 0 Å². The third-order valence-corrected chi connectivity index (χ3v) is 5.65. The molecular formula is C14H21N3O4S. The maximum Gasteiger partial charge on any atom is 0.222 e. The summed E-state index contributed by atoms with van der Waals surface area (Å²) < 4.78 is 24.4. The van der Waals surface area contributed by atoms with Crippen LogP contribution in [0.2, 0.25) is 0 Å². The average molecular weight is 327 g/mol. The van der Waals surface area contributed by atoms with Crippen LogP contribution in [0.25, 0.3) is 0 Å². The standard InChI is InChI=1S/C14H21N3O4S/c1-9-14(11(3)18)10(2)17(16-9)6-4-13(19)15-12-5-7-22(20,21)8-12/h12H,4-8H2,1-3H3,(H,15,19)/t12-/m1/s1. The van der Waals surface area contributed by atoms with Crippen molar-refractivity contribution >= 4 is 21.5 Å². The highest BCUT2D eigenvalue weighted by atomic mass is 32.2. The van der Waals surface area contributed by atoms with Gasteiger partial charge in [0.2, 0.25) is 5.91 Å². The van der Waals surface area contributed by atoms with Crippen molar-refractivity contribution in [2.45, 2.75) is 46.2 Å². The van der Waals surface area contributed by atoms with Gasteiger partial charge in [-0.25, -0.2) is 8.42 Å². The lowest BCUT2D eigenvalue weighted by Crippen LogP contribution is -2.36. The van der Waals surface area contributed by atoms with E-state index in [2.05, 4.69) is 10.4 Å². The second kappa shape index (κ2) is 6.20. The highest BCUT2D eigenvalue weighted by Crippen LogP contribution is 2.14. The van der Waals surface area contributed by atoms with E-state index in [1.807, 2.05) is 0 Å². The Balaban J connectivity index is 1.92. The van der Waals surface area contributed by atoms with Gasteiger partial charge in [0, 0.05) is 24.7 Å². The Labute approximate surface area is 130 Å². The first-order valence-electron chi connectivity index (χ1n) is 7.24. The first-order chi connectivity index (χ1) is 10.2. The Kier molecular flexibility index (Phi) is 4.69. The van der Waals surface area contributed by atoms with Gasteiger partial charge in [-0.1, -0.05) is 0 Å². The molecule has 0 unspecified atom stereocenters. The van der Waals surface area contributed by atoms with Crippen LogP contribution < -0.4 is 5.32 Å². The number of Topliss-reactive ketones (excluding diaryl/α,β-unsaturated/α-hetero) is 1. The zero-order valence-electron chi connectivity index (χ0n) is 13.0. The molecule has 122 valence electrons. The van der Waals surface area contributed by atoms with Crippen molar-refractivity contribution in [2.24, 2.45) is 0 Å². The predicted molar refractivity (Wildman–Crippen MR) is 81.5 cm³/mol. The summed E-state index contributed by atoms with van der Waals surface area (Å²) in [5.74, 6) is -0.0780. The quantitative estimate of drug-likeness (QED) is 0.789. The summed E-state index contributed by atoms with van der Waals surface area (Å²) in [6.45, 7) is 5.43. The molecule has 0 spiro atoms. The number of hydrogen-bond acceptors (Lipinski definition) is 5. The second-order valence-corrected chi connectivity index (χ2v) is 7.97. The van der Waals surface area contributed by atoms with Crippen LogP contribution in [0.4, 0.5) is 0 Å². The number of nitrogens with one attached hydrogen (secondary N) is 1. The lowest BCUT2D eigenvalue weighted by atomic mass is 10.1. The van der Waals surface area contributed by atoms with Gasteiger partial charge in [-0.15, -0.1) is 0 Å². The molecule has 0 saturated carbocycles. The topological polar surface area (TPSA) is 98.1 Å². The fourth-order valence-corrected chi connectivity index (χ4v) is 4.51. The van der Waals surface area contributed by atoms with E-state index in [-0.39, 0.29) is 35.7 Å². The summed E-state index contributed by atoms with van der Waals surface area (Å²) in [6, 6.07) is -0.286. The summed E-state index contributed by atoms with van der Waals surface area (Å²) >= 11 is 0. The van der Waals surface area contributed by atoms with E-state index in [1.54, 1.807) is 18.5 Å². The largest absolute Gasteiger partial charge is 0.352 e. The second-order valence-electron chi connectivity index (χ2n) is 5.74. The lowest BCUT2D eigenvalue weighted by Gasteiger charge is -2.11. The van der Waals surface area contributed by atoms with Gasteiger partial charge in [-0.3, -0.25) is 14.3 Å². The fourth-order valence-electron chi connectivity index (χ4n) is 2.84. The summed E-state index contributed by atoms with van der Waals surface area (Å²) in [6.07, 6.45) is 0.679. The Hall–Kier alpha value is -1.70. The average Bonchev–Trinajstić information content (AvgIpc) is 2.86. The molecule has 1 fully saturated rings. The van der Waals surface area contributed by atoms with Crippen molar-refractivity contribution in [1.82, 2.24) is 15.1 Å². The maximum atomic E-state index is 11.9. The monoisotopic (exact) mass is 327 g/mol. The summed E-state index contributed by atoms with van der Waals surface area (Å²) in [5.41, 5.74) is 2.01. The molecule has 1 atom stereocenters. The molecule has 2 heterocycles. The molecule has 0 aromatic carbocycles. The van der Waals surface area contributed by atoms with Gasteiger partial charge in [-0.05, 0) is 27.2 Å². The van der Waals surface area contributed by atoms with Crippen molar-refractivity contribution in [3.63, 3.8) is 0 Å². The van der Waals surface area contributed by atoms with E-state index in [0.29, 0.717) is 24.2 Å². The molecule has 8 heteroatoms. The van der Waals surface area contributed by atoms with E-state index < -0.39 is 9.84 Å². The molecule has 1 aromatic rings. The first kappa shape index (κ1) is 16.7. The molecule has 0 radical (unpaired) electrons. The summed E-state index contributed by atoms with van der Waals surface area (Å²) in [7, 11) is -3.00. The number of hydrogen-bond donors (Lipinski definition) is 1. The highest BCUT2D eigenvalue weighted by molar-refractivity contribution is 7.91. The molecule has 1 aromatic heterocycles. The van der Waals surface area contributed by atoms with Gasteiger partial charge in [-0.2, -0.15) is 5.10 Å². The minimum absolute atomic E-state index is 0.0210. The van der Waals surface area contributed by atoms with Crippen molar-refractivity contribution in [1.29, 1.82) is 0 Å². The van der Waals surface area contributed by atoms with Crippen LogP contribution in [0, 0.1) is 13.8 Å². The molecule has 22 heavy (non-hydrogen) atoms. The van der Waals surface area contributed by atoms with E-state index in [1.165, 1.54) is 6.92 Å². The lowest BCUT2D eigenvalue weighted by molar-refractivity contribution is -0.121. The van der Waals surface area contributed by atoms with Gasteiger partial charge in [0.25, 0.3) is 0 Å². The van der Waals surface area contributed by atoms with Crippen molar-refractivity contribution in [2.75, 3.05) is 11.5 Å². The van der Waals surface area contributed by atoms with Crippen LogP contribution in [0.3, 0.4) is 0 Å². The number of rotatable bonds is 5. The molecule has 1 aliphatic rings. The molecule has 7 nitrogen and oxygen atoms in total. The number of aryl methyl sites for hydroxylation is 2. The van der Waals surface area contributed by atoms with Crippen LogP contribution in [0.15, 0.2) is 0 Å². The Morgan fingerprint density at radius 3 is 2.55 bits per heavy atom. The van der Waals surface area contributed by atoms with E-state index in [0.717, 1.165) is 5.69 Å². The number of sulfone groups is 1. The third kappa shape index (κ3) is 3.73. The molecule has 1 saturated heterocycles. The van der Waals surface area contributed by atoms with Crippen LogP contribution in [-0.2, 0) is 21.2 Å². The van der Waals surface area contributed by atoms with Crippen LogP contribution in [0.5, 0.6) is 0 Å². The van der Waals surface area contributed by atoms with Crippen molar-refractivity contribution < 1.29 is 18.0 Å². The molecular weight excluding hydrogens is 306 g/mol. The SMILES string of the molecule is CC(=O)c1c(C)nn(CCC(=O)N[C@@H]2CCS(=O)(=O)C2)c1C. The van der Waals surface area contributed by atoms with Gasteiger partial charge in [0.1, 0.15) is 0 Å². The molecule has 0 bridgehead atoms. The number of carbonyl (C=O) groups excluding carboxylic acids is 2. The molecule has 0 aliphatic carbocycles. The van der Waals surface area contributed by atoms with Gasteiger partial charge >= 0.3 is 0 Å². The number of amides is 1. The third-order valence-electron chi connectivity index (χ3n) is 3.88. The number of nitrogens with zero attached hydrogens (tertiary/aromatic N) is 2. The molecule has 1 amide bonds. The Morgan fingerprint density at radius 1 is 1.36 bits per heavy atom. The van der Waals surface area contributed by atoms with Gasteiger partial charge in [0.15, 0.2) is 15.6 Å². The molecule has 2 rings (SSSR count). The van der Waals surface area contributed by atoms with Gasteiger partial charge in [0.05, 0.1) is 22.8 Å². The summed E-state index contributed by atoms with van der Waals surface area (Å²) in [5, 5.41) is 7.02. The Bertz CT molecular complexity index is 706. The van der Waals surface area contributed by atoms with Crippen LogP contribution in [0.1, 0.15) is 41.5 Å². The number of carbonyl (C=O) groups is 2. The highest BCUT2D eigenvalue weighted by Gasteiger charge is 2.28. The van der Waals surface area contributed by atoms with E-state index in [4.69, 9.17) is 0 Å². The van der Waals surface area contributed by atoms with E-state index in [9.17, 15) is 18.0 Å². The predicted octanol–water partition coefficient (Wildman–Crippen LogP) is 0.396. The maximum absolute atomic E-state index is 11.9. The smallest absolute Gasteiger partial charge is 0.222 e. The Morgan fingerprint density at radius 2 is 2.05 bits per heavy atom. The van der Waals surface area contributed by atoms with Gasteiger partial charge < -0.3 is 5.32 Å². The number of ketones is 1. The minimum atomic E-state index is -3.00. The number of aromatic nitrogens is 2. The van der Waals surface area contributed by atoms with Crippen molar-refractivity contribution in [3.05, 3.63) is 17.0 Å². The fraction of sp³-hybridized carbons (Fsp3) is 0.643.